The molecule has 1 aliphatic heterocycles. The van der Waals surface area contributed by atoms with Crippen LogP contribution < -0.4 is 11.1 Å². The zero-order valence-corrected chi connectivity index (χ0v) is 11.5. The van der Waals surface area contributed by atoms with Gasteiger partial charge in [0.1, 0.15) is 0 Å². The van der Waals surface area contributed by atoms with Gasteiger partial charge in [-0.2, -0.15) is 0 Å². The number of nitrogens with one attached hydrogen (secondary N) is 1. The molecule has 0 unspecified atom stereocenters. The molecular weight excluding hydrogens is 304 g/mol. The molecule has 0 saturated carbocycles. The van der Waals surface area contributed by atoms with Gasteiger partial charge < -0.3 is 75.1 Å². The summed E-state index contributed by atoms with van der Waals surface area (Å²) in [5.41, 5.74) is 5.25. The van der Waals surface area contributed by atoms with Crippen LogP contribution in [0.2, 0.25) is 0 Å². The van der Waals surface area contributed by atoms with Gasteiger partial charge in [-0.15, -0.1) is 0 Å². The molecule has 10 heteroatoms. The molecule has 0 atom stereocenters. The van der Waals surface area contributed by atoms with E-state index in [2.05, 4.69) is 5.32 Å². The maximum Gasteiger partial charge on any atom is 5.00 e. The smallest absolute Gasteiger partial charge is 0.512 e. The summed E-state index contributed by atoms with van der Waals surface area (Å²) in [6.07, 6.45) is 0. The van der Waals surface area contributed by atoms with Gasteiger partial charge in [0, 0.05) is 26.2 Å². The maximum atomic E-state index is 10.7. The molecule has 3 N–H and O–H groups in total. The predicted octanol–water partition coefficient (Wildman–Crippen LogP) is -0.550. The normalized spacial score (nSPS) is 8.75. The standard InChI is InChI=1S/C5H11N3O.5CN.Fe/c6-1-3-8-4-2-7-5(8)9;5*1-2;/h1-4,6H2,(H,7,9);;;;;;/q;5*-1;+5. The molecule has 0 aliphatic carbocycles. The van der Waals surface area contributed by atoms with Crippen LogP contribution in [0.15, 0.2) is 0 Å². The molecule has 105 valence electrons. The van der Waals surface area contributed by atoms with Crippen LogP contribution in [-0.2, 0) is 17.1 Å². The quantitative estimate of drug-likeness (QED) is 0.506. The Morgan fingerprint density at radius 2 is 1.35 bits per heavy atom. The fourth-order valence-corrected chi connectivity index (χ4v) is 0.880. The van der Waals surface area contributed by atoms with Crippen molar-refractivity contribution in [2.75, 3.05) is 26.2 Å². The average molecular weight is 315 g/mol. The Kier molecular flexibility index (Phi) is 100. The molecule has 1 aliphatic rings. The number of nitrogens with two attached hydrogens (primary N) is 1. The van der Waals surface area contributed by atoms with E-state index < -0.39 is 0 Å². The van der Waals surface area contributed by atoms with E-state index in [0.717, 1.165) is 13.1 Å². The minimum Gasteiger partial charge on any atom is -0.512 e. The first-order chi connectivity index (χ1) is 9.34. The van der Waals surface area contributed by atoms with E-state index in [1.165, 1.54) is 0 Å². The topological polar surface area (TPSA) is 177 Å². The summed E-state index contributed by atoms with van der Waals surface area (Å²) >= 11 is 0. The molecule has 0 aromatic carbocycles. The van der Waals surface area contributed by atoms with Crippen LogP contribution in [0.3, 0.4) is 0 Å². The van der Waals surface area contributed by atoms with Crippen molar-refractivity contribution in [3.8, 4) is 0 Å². The number of carbonyl (C=O) groups excluding carboxylic acids is 1. The van der Waals surface area contributed by atoms with E-state index in [1.807, 2.05) is 0 Å². The Hall–Kier alpha value is -2.80. The fraction of sp³-hybridized carbons (Fsp3) is 0.400. The van der Waals surface area contributed by atoms with Crippen LogP contribution in [0.25, 0.3) is 0 Å². The number of amides is 2. The van der Waals surface area contributed by atoms with Gasteiger partial charge in [0.15, 0.2) is 0 Å². The Morgan fingerprint density at radius 3 is 1.55 bits per heavy atom. The van der Waals surface area contributed by atoms with Crippen LogP contribution >= 0.6 is 0 Å². The molecule has 1 fully saturated rings. The maximum absolute atomic E-state index is 10.7. The summed E-state index contributed by atoms with van der Waals surface area (Å²) in [6, 6.07) is 0.0143. The molecule has 0 bridgehead atoms. The molecule has 2 amide bonds. The SMILES string of the molecule is NCCN1CCNC1=O.[C-]#N.[C-]#N.[C-]#N.[C-]#N.[C-]#N.[Fe+5]. The molecule has 0 aromatic rings. The molecule has 1 radical (unpaired) electrons. The third-order valence-electron chi connectivity index (χ3n) is 1.34. The van der Waals surface area contributed by atoms with Crippen LogP contribution in [0.5, 0.6) is 0 Å². The molecular formula is C10H11FeN8O. The van der Waals surface area contributed by atoms with Crippen molar-refractivity contribution in [2.24, 2.45) is 5.73 Å². The van der Waals surface area contributed by atoms with Crippen LogP contribution in [0, 0.1) is 59.2 Å². The Balaban J connectivity index is -0.0000000384. The van der Waals surface area contributed by atoms with Gasteiger partial charge >= 0.3 is 23.1 Å². The van der Waals surface area contributed by atoms with Crippen molar-refractivity contribution in [3.63, 3.8) is 0 Å². The fourth-order valence-electron chi connectivity index (χ4n) is 0.880. The zero-order valence-electron chi connectivity index (χ0n) is 10.4. The van der Waals surface area contributed by atoms with Gasteiger partial charge in [0.2, 0.25) is 0 Å². The number of rotatable bonds is 2. The van der Waals surface area contributed by atoms with E-state index in [-0.39, 0.29) is 23.1 Å². The second-order valence-corrected chi connectivity index (χ2v) is 2.01. The molecule has 1 saturated heterocycles. The van der Waals surface area contributed by atoms with Crippen molar-refractivity contribution in [2.45, 2.75) is 0 Å². The van der Waals surface area contributed by atoms with Crippen molar-refractivity contribution >= 4 is 6.03 Å². The third kappa shape index (κ3) is 29.5. The monoisotopic (exact) mass is 315 g/mol. The van der Waals surface area contributed by atoms with E-state index in [9.17, 15) is 4.79 Å². The number of hydrogen-bond acceptors (Lipinski definition) is 7. The number of hydrogen-bond donors (Lipinski definition) is 2. The Bertz CT molecular complexity index is 248. The molecule has 1 rings (SSSR count). The molecule has 9 nitrogen and oxygen atoms in total. The van der Waals surface area contributed by atoms with Crippen molar-refractivity contribution < 1.29 is 21.9 Å². The average Bonchev–Trinajstić information content (AvgIpc) is 2.95. The number of carbonyl (C=O) groups is 1. The van der Waals surface area contributed by atoms with Gasteiger partial charge in [-0.1, -0.05) is 0 Å². The van der Waals surface area contributed by atoms with Gasteiger partial charge in [-0.25, -0.2) is 4.79 Å². The van der Waals surface area contributed by atoms with Crippen LogP contribution in [-0.4, -0.2) is 37.1 Å². The summed E-state index contributed by atoms with van der Waals surface area (Å²) in [7, 11) is 0. The summed E-state index contributed by atoms with van der Waals surface area (Å²) < 4.78 is 0. The molecule has 20 heavy (non-hydrogen) atoms. The first kappa shape index (κ1) is 36.0. The first-order valence-corrected chi connectivity index (χ1v) is 4.19. The number of nitrogens with zero attached hydrogens (tertiary/aromatic N) is 6. The van der Waals surface area contributed by atoms with Crippen LogP contribution in [0.1, 0.15) is 0 Å². The zero-order chi connectivity index (χ0) is 16.7. The minimum absolute atomic E-state index is 0. The summed E-state index contributed by atoms with van der Waals surface area (Å²) in [4.78, 5) is 12.4. The second-order valence-electron chi connectivity index (χ2n) is 2.01. The summed E-state index contributed by atoms with van der Waals surface area (Å²) in [6.45, 7) is 26.5. The van der Waals surface area contributed by atoms with Gasteiger partial charge in [0.05, 0.1) is 0 Å². The van der Waals surface area contributed by atoms with Crippen molar-refractivity contribution in [3.05, 3.63) is 32.9 Å². The van der Waals surface area contributed by atoms with E-state index in [4.69, 9.17) is 64.9 Å². The van der Waals surface area contributed by atoms with Crippen molar-refractivity contribution in [1.82, 2.24) is 10.2 Å². The first-order valence-electron chi connectivity index (χ1n) is 4.19. The summed E-state index contributed by atoms with van der Waals surface area (Å²) in [5, 5.41) is 33.9. The second kappa shape index (κ2) is 55.7. The number of urea groups is 1. The Labute approximate surface area is 129 Å². The van der Waals surface area contributed by atoms with Crippen molar-refractivity contribution in [1.29, 1.82) is 26.3 Å². The van der Waals surface area contributed by atoms with Crippen LogP contribution in [0.4, 0.5) is 4.79 Å². The minimum atomic E-state index is 0. The van der Waals surface area contributed by atoms with E-state index >= 15 is 0 Å². The largest absolute Gasteiger partial charge is 5.00 e. The third-order valence-corrected chi connectivity index (χ3v) is 1.34. The molecule has 1 heterocycles. The Morgan fingerprint density at radius 1 is 1.00 bits per heavy atom. The molecule has 0 aromatic heterocycles. The van der Waals surface area contributed by atoms with E-state index in [1.54, 1.807) is 4.90 Å². The molecule has 0 spiro atoms. The van der Waals surface area contributed by atoms with E-state index in [0.29, 0.717) is 13.1 Å². The van der Waals surface area contributed by atoms with Gasteiger partial charge in [-0.05, 0) is 0 Å². The predicted molar refractivity (Wildman–Crippen MR) is 58.9 cm³/mol. The van der Waals surface area contributed by atoms with Gasteiger partial charge in [0.25, 0.3) is 0 Å². The van der Waals surface area contributed by atoms with Gasteiger partial charge in [-0.3, -0.25) is 0 Å². The summed E-state index contributed by atoms with van der Waals surface area (Å²) in [5.74, 6) is 0.